The number of benzene rings is 2. The standard InChI is InChI=1S/C22H19N3O4.C3H8O/c1-29-14-8-6-13(7-9-14)25-21(27)16-17(22(25)28)19(20(23)26)24-11-10-12-4-2-3-5-15(12)18(16)24;1-3(2)4/h2-11,16-19H,1H3,(H2,23,26);3-4H,1-2H3/t16-,17+,18+,19-;/m1./s1. The van der Waals surface area contributed by atoms with E-state index in [1.807, 2.05) is 30.3 Å². The van der Waals surface area contributed by atoms with E-state index in [1.54, 1.807) is 56.3 Å². The number of carbonyl (C=O) groups excluding carboxylic acids is 3. The lowest BCUT2D eigenvalue weighted by Crippen LogP contribution is -2.46. The maximum Gasteiger partial charge on any atom is 0.240 e. The summed E-state index contributed by atoms with van der Waals surface area (Å²) in [6, 6.07) is 13.2. The zero-order valence-corrected chi connectivity index (χ0v) is 18.7. The lowest BCUT2D eigenvalue weighted by Gasteiger charge is -2.34. The molecule has 2 aromatic rings. The molecule has 3 aliphatic rings. The Morgan fingerprint density at radius 1 is 1.03 bits per heavy atom. The van der Waals surface area contributed by atoms with Crippen LogP contribution in [0.5, 0.6) is 5.75 Å². The molecular weight excluding hydrogens is 422 g/mol. The van der Waals surface area contributed by atoms with E-state index in [4.69, 9.17) is 15.6 Å². The van der Waals surface area contributed by atoms with Crippen LogP contribution in [0.25, 0.3) is 6.08 Å². The number of hydrogen-bond acceptors (Lipinski definition) is 6. The van der Waals surface area contributed by atoms with Crippen molar-refractivity contribution in [2.75, 3.05) is 12.0 Å². The van der Waals surface area contributed by atoms with Crippen LogP contribution >= 0.6 is 0 Å². The largest absolute Gasteiger partial charge is 0.497 e. The number of aliphatic hydroxyl groups is 1. The fourth-order valence-corrected chi connectivity index (χ4v) is 4.87. The van der Waals surface area contributed by atoms with E-state index in [0.29, 0.717) is 11.4 Å². The molecule has 0 aromatic heterocycles. The number of anilines is 1. The predicted octanol–water partition coefficient (Wildman–Crippen LogP) is 2.08. The van der Waals surface area contributed by atoms with Gasteiger partial charge in [0, 0.05) is 12.3 Å². The van der Waals surface area contributed by atoms with E-state index < -0.39 is 35.7 Å². The highest BCUT2D eigenvalue weighted by molar-refractivity contribution is 6.24. The summed E-state index contributed by atoms with van der Waals surface area (Å²) in [5, 5.41) is 8.06. The second kappa shape index (κ2) is 8.71. The molecule has 172 valence electrons. The van der Waals surface area contributed by atoms with Crippen LogP contribution in [-0.4, -0.2) is 47.0 Å². The van der Waals surface area contributed by atoms with Gasteiger partial charge in [-0.15, -0.1) is 0 Å². The molecule has 0 unspecified atom stereocenters. The molecule has 2 fully saturated rings. The van der Waals surface area contributed by atoms with Crippen molar-refractivity contribution in [1.29, 1.82) is 0 Å². The van der Waals surface area contributed by atoms with Crippen LogP contribution in [0.4, 0.5) is 5.69 Å². The van der Waals surface area contributed by atoms with E-state index in [2.05, 4.69) is 0 Å². The van der Waals surface area contributed by atoms with Crippen molar-refractivity contribution in [3.63, 3.8) is 0 Å². The number of nitrogens with two attached hydrogens (primary N) is 1. The summed E-state index contributed by atoms with van der Waals surface area (Å²) in [5.41, 5.74) is 8.06. The predicted molar refractivity (Wildman–Crippen MR) is 123 cm³/mol. The Bertz CT molecular complexity index is 1110. The Morgan fingerprint density at radius 2 is 1.64 bits per heavy atom. The molecule has 0 bridgehead atoms. The van der Waals surface area contributed by atoms with Crippen molar-refractivity contribution in [2.45, 2.75) is 32.0 Å². The molecule has 4 atom stereocenters. The number of methoxy groups -OCH3 is 1. The van der Waals surface area contributed by atoms with Crippen LogP contribution in [0, 0.1) is 11.8 Å². The van der Waals surface area contributed by atoms with E-state index in [0.717, 1.165) is 11.1 Å². The molecule has 33 heavy (non-hydrogen) atoms. The van der Waals surface area contributed by atoms with Gasteiger partial charge in [-0.25, -0.2) is 4.90 Å². The summed E-state index contributed by atoms with van der Waals surface area (Å²) in [4.78, 5) is 42.1. The van der Waals surface area contributed by atoms with Crippen molar-refractivity contribution < 1.29 is 24.2 Å². The monoisotopic (exact) mass is 449 g/mol. The molecule has 2 aromatic carbocycles. The number of imide groups is 1. The highest BCUT2D eigenvalue weighted by atomic mass is 16.5. The van der Waals surface area contributed by atoms with Gasteiger partial charge in [-0.2, -0.15) is 0 Å². The van der Waals surface area contributed by atoms with Gasteiger partial charge >= 0.3 is 0 Å². The minimum Gasteiger partial charge on any atom is -0.497 e. The Hall–Kier alpha value is -3.65. The number of aliphatic hydroxyl groups excluding tert-OH is 1. The first kappa shape index (κ1) is 22.5. The lowest BCUT2D eigenvalue weighted by atomic mass is 9.84. The molecular formula is C25H27N3O5. The van der Waals surface area contributed by atoms with Crippen molar-refractivity contribution >= 4 is 29.5 Å². The summed E-state index contributed by atoms with van der Waals surface area (Å²) in [6.45, 7) is 3.44. The second-order valence-electron chi connectivity index (χ2n) is 8.54. The molecule has 2 saturated heterocycles. The highest BCUT2D eigenvalue weighted by Gasteiger charge is 2.64. The third kappa shape index (κ3) is 3.76. The molecule has 3 aliphatic heterocycles. The summed E-state index contributed by atoms with van der Waals surface area (Å²) < 4.78 is 5.15. The number of primary amides is 1. The normalized spacial score (nSPS) is 24.8. The number of ether oxygens (including phenoxy) is 1. The van der Waals surface area contributed by atoms with Gasteiger partial charge in [0.1, 0.15) is 11.8 Å². The van der Waals surface area contributed by atoms with Gasteiger partial charge in [-0.1, -0.05) is 24.3 Å². The van der Waals surface area contributed by atoms with Gasteiger partial charge in [0.25, 0.3) is 0 Å². The zero-order chi connectivity index (χ0) is 23.9. The zero-order valence-electron chi connectivity index (χ0n) is 18.7. The molecule has 3 N–H and O–H groups in total. The molecule has 3 amide bonds. The van der Waals surface area contributed by atoms with Crippen LogP contribution < -0.4 is 15.4 Å². The molecule has 8 heteroatoms. The highest BCUT2D eigenvalue weighted by Crippen LogP contribution is 2.53. The van der Waals surface area contributed by atoms with Gasteiger partial charge in [-0.05, 0) is 55.3 Å². The Kier molecular flexibility index (Phi) is 5.95. The SMILES string of the molecule is CC(C)O.COc1ccc(N2C(=O)[C@@H]3[C@H](C2=O)[C@H](C(N)=O)N2C=Cc4ccccc4[C@@H]32)cc1. The second-order valence-corrected chi connectivity index (χ2v) is 8.54. The van der Waals surface area contributed by atoms with Crippen LogP contribution in [0.3, 0.4) is 0 Å². The molecule has 3 heterocycles. The smallest absolute Gasteiger partial charge is 0.240 e. The van der Waals surface area contributed by atoms with Crippen LogP contribution in [0.15, 0.2) is 54.7 Å². The number of hydrogen-bond donors (Lipinski definition) is 2. The van der Waals surface area contributed by atoms with Crippen LogP contribution in [-0.2, 0) is 14.4 Å². The summed E-state index contributed by atoms with van der Waals surface area (Å²) in [6.07, 6.45) is 3.50. The molecule has 0 saturated carbocycles. The number of amides is 3. The van der Waals surface area contributed by atoms with Gasteiger partial charge in [0.2, 0.25) is 17.7 Å². The van der Waals surface area contributed by atoms with Gasteiger partial charge < -0.3 is 20.5 Å². The first-order chi connectivity index (χ1) is 15.8. The van der Waals surface area contributed by atoms with Crippen LogP contribution in [0.2, 0.25) is 0 Å². The summed E-state index contributed by atoms with van der Waals surface area (Å²) in [7, 11) is 1.55. The average Bonchev–Trinajstić information content (AvgIpc) is 3.26. The maximum absolute atomic E-state index is 13.5. The molecule has 8 nitrogen and oxygen atoms in total. The molecule has 0 radical (unpaired) electrons. The molecule has 0 spiro atoms. The van der Waals surface area contributed by atoms with Gasteiger partial charge in [-0.3, -0.25) is 14.4 Å². The van der Waals surface area contributed by atoms with Gasteiger partial charge in [0.05, 0.1) is 30.7 Å². The van der Waals surface area contributed by atoms with Crippen molar-refractivity contribution in [1.82, 2.24) is 4.90 Å². The third-order valence-electron chi connectivity index (χ3n) is 6.08. The minimum atomic E-state index is -0.866. The number of nitrogens with zero attached hydrogens (tertiary/aromatic N) is 2. The summed E-state index contributed by atoms with van der Waals surface area (Å²) >= 11 is 0. The minimum absolute atomic E-state index is 0.167. The lowest BCUT2D eigenvalue weighted by molar-refractivity contribution is -0.129. The van der Waals surface area contributed by atoms with E-state index in [-0.39, 0.29) is 12.0 Å². The Balaban J connectivity index is 0.000000601. The van der Waals surface area contributed by atoms with E-state index in [9.17, 15) is 14.4 Å². The number of rotatable bonds is 3. The van der Waals surface area contributed by atoms with E-state index >= 15 is 0 Å². The number of carbonyl (C=O) groups is 3. The topological polar surface area (TPSA) is 113 Å². The van der Waals surface area contributed by atoms with Gasteiger partial charge in [0.15, 0.2) is 0 Å². The first-order valence-corrected chi connectivity index (χ1v) is 10.8. The fraction of sp³-hybridized carbons (Fsp3) is 0.320. The Labute approximate surface area is 192 Å². The average molecular weight is 450 g/mol. The quantitative estimate of drug-likeness (QED) is 0.694. The van der Waals surface area contributed by atoms with Crippen molar-refractivity contribution in [3.05, 3.63) is 65.9 Å². The number of fused-ring (bicyclic) bond motifs is 5. The van der Waals surface area contributed by atoms with Crippen molar-refractivity contribution in [3.8, 4) is 5.75 Å². The van der Waals surface area contributed by atoms with Crippen LogP contribution in [0.1, 0.15) is 31.0 Å². The maximum atomic E-state index is 13.5. The molecule has 5 rings (SSSR count). The third-order valence-corrected chi connectivity index (χ3v) is 6.08. The first-order valence-electron chi connectivity index (χ1n) is 10.8. The summed E-state index contributed by atoms with van der Waals surface area (Å²) in [5.74, 6) is -2.18. The molecule has 0 aliphatic carbocycles. The fourth-order valence-electron chi connectivity index (χ4n) is 4.87. The Morgan fingerprint density at radius 3 is 2.24 bits per heavy atom. The van der Waals surface area contributed by atoms with Crippen molar-refractivity contribution in [2.24, 2.45) is 17.6 Å². The van der Waals surface area contributed by atoms with E-state index in [1.165, 1.54) is 4.90 Å².